The Bertz CT molecular complexity index is 513. The summed E-state index contributed by atoms with van der Waals surface area (Å²) in [6, 6.07) is 1.52. The van der Waals surface area contributed by atoms with Crippen molar-refractivity contribution in [2.45, 2.75) is 6.92 Å². The Kier molecular flexibility index (Phi) is 3.45. The molecule has 1 saturated heterocycles. The van der Waals surface area contributed by atoms with Crippen molar-refractivity contribution < 1.29 is 14.0 Å². The van der Waals surface area contributed by atoms with Crippen LogP contribution >= 0.6 is 23.2 Å². The molecule has 1 aromatic carbocycles. The van der Waals surface area contributed by atoms with Gasteiger partial charge in [0.25, 0.3) is 0 Å². The maximum Gasteiger partial charge on any atom is 0.328 e. The van der Waals surface area contributed by atoms with Gasteiger partial charge in [-0.1, -0.05) is 30.1 Å². The fourth-order valence-corrected chi connectivity index (χ4v) is 2.39. The molecule has 1 fully saturated rings. The van der Waals surface area contributed by atoms with Gasteiger partial charge in [-0.15, -0.1) is 0 Å². The van der Waals surface area contributed by atoms with Gasteiger partial charge >= 0.3 is 6.03 Å². The van der Waals surface area contributed by atoms with E-state index in [1.54, 1.807) is 6.92 Å². The highest BCUT2D eigenvalue weighted by molar-refractivity contribution is 6.40. The molecule has 0 spiro atoms. The van der Waals surface area contributed by atoms with Crippen LogP contribution in [0.25, 0.3) is 0 Å². The number of imide groups is 1. The normalized spacial score (nSPS) is 20.0. The third-order valence-corrected chi connectivity index (χ3v) is 3.21. The van der Waals surface area contributed by atoms with Crippen LogP contribution in [-0.2, 0) is 4.79 Å². The van der Waals surface area contributed by atoms with Crippen LogP contribution in [0.3, 0.4) is 0 Å². The van der Waals surface area contributed by atoms with Gasteiger partial charge in [0.05, 0.1) is 21.7 Å². The van der Waals surface area contributed by atoms with Crippen LogP contribution in [-0.4, -0.2) is 18.5 Å². The van der Waals surface area contributed by atoms with E-state index >= 15 is 0 Å². The number of benzene rings is 1. The molecule has 0 saturated carbocycles. The Morgan fingerprint density at radius 3 is 2.44 bits per heavy atom. The van der Waals surface area contributed by atoms with E-state index in [0.717, 1.165) is 12.1 Å². The molecule has 1 heterocycles. The van der Waals surface area contributed by atoms with Crippen molar-refractivity contribution in [2.24, 2.45) is 5.92 Å². The summed E-state index contributed by atoms with van der Waals surface area (Å²) in [7, 11) is 0. The van der Waals surface area contributed by atoms with Gasteiger partial charge in [-0.3, -0.25) is 15.0 Å². The summed E-state index contributed by atoms with van der Waals surface area (Å²) in [5.41, 5.74) is 0.205. The molecule has 2 rings (SSSR count). The Balaban J connectivity index is 2.43. The smallest absolute Gasteiger partial charge is 0.290 e. The summed E-state index contributed by atoms with van der Waals surface area (Å²) in [5.74, 6) is -1.33. The molecular weight excluding hydrogens is 282 g/mol. The van der Waals surface area contributed by atoms with Crippen LogP contribution in [0.15, 0.2) is 12.1 Å². The lowest BCUT2D eigenvalue weighted by molar-refractivity contribution is -0.123. The largest absolute Gasteiger partial charge is 0.328 e. The number of hydrogen-bond donors (Lipinski definition) is 1. The van der Waals surface area contributed by atoms with Crippen LogP contribution < -0.4 is 10.2 Å². The van der Waals surface area contributed by atoms with Gasteiger partial charge in [0.15, 0.2) is 0 Å². The Morgan fingerprint density at radius 2 is 1.89 bits per heavy atom. The average Bonchev–Trinajstić information content (AvgIpc) is 2.24. The van der Waals surface area contributed by atoms with Crippen molar-refractivity contribution >= 4 is 40.8 Å². The number of amides is 3. The van der Waals surface area contributed by atoms with Crippen LogP contribution in [0.5, 0.6) is 0 Å². The summed E-state index contributed by atoms with van der Waals surface area (Å²) in [5, 5.41) is 2.23. The van der Waals surface area contributed by atoms with Crippen molar-refractivity contribution in [1.29, 1.82) is 0 Å². The van der Waals surface area contributed by atoms with Crippen LogP contribution in [0.2, 0.25) is 10.0 Å². The molecule has 1 unspecified atom stereocenters. The monoisotopic (exact) mass is 290 g/mol. The highest BCUT2D eigenvalue weighted by Crippen LogP contribution is 2.35. The highest BCUT2D eigenvalue weighted by atomic mass is 35.5. The number of rotatable bonds is 1. The first kappa shape index (κ1) is 13.1. The molecule has 1 atom stereocenters. The number of carbonyl (C=O) groups is 2. The van der Waals surface area contributed by atoms with E-state index in [-0.39, 0.29) is 34.1 Å². The van der Waals surface area contributed by atoms with Gasteiger partial charge in [0.1, 0.15) is 5.82 Å². The van der Waals surface area contributed by atoms with Crippen molar-refractivity contribution in [1.82, 2.24) is 5.32 Å². The first-order chi connectivity index (χ1) is 8.40. The molecule has 0 aromatic heterocycles. The minimum Gasteiger partial charge on any atom is -0.290 e. The summed E-state index contributed by atoms with van der Waals surface area (Å²) in [6.45, 7) is 1.82. The van der Waals surface area contributed by atoms with Crippen LogP contribution in [0.4, 0.5) is 14.9 Å². The van der Waals surface area contributed by atoms with Gasteiger partial charge in [0, 0.05) is 6.54 Å². The number of nitrogens with one attached hydrogen (secondary N) is 1. The topological polar surface area (TPSA) is 49.4 Å². The molecule has 4 nitrogen and oxygen atoms in total. The second kappa shape index (κ2) is 4.74. The third-order valence-electron chi connectivity index (χ3n) is 2.63. The van der Waals surface area contributed by atoms with Crippen molar-refractivity contribution in [2.75, 3.05) is 11.4 Å². The zero-order valence-corrected chi connectivity index (χ0v) is 10.8. The molecule has 0 aliphatic carbocycles. The Hall–Kier alpha value is -1.33. The first-order valence-electron chi connectivity index (χ1n) is 5.17. The zero-order chi connectivity index (χ0) is 13.4. The lowest BCUT2D eigenvalue weighted by atomic mass is 10.1. The molecule has 0 radical (unpaired) electrons. The molecule has 7 heteroatoms. The van der Waals surface area contributed by atoms with E-state index in [2.05, 4.69) is 5.32 Å². The van der Waals surface area contributed by atoms with Gasteiger partial charge in [-0.2, -0.15) is 0 Å². The number of nitrogens with zero attached hydrogens (tertiary/aromatic N) is 1. The summed E-state index contributed by atoms with van der Waals surface area (Å²) in [4.78, 5) is 24.3. The molecular formula is C11H9Cl2FN2O2. The molecule has 96 valence electrons. The third kappa shape index (κ3) is 2.28. The Labute approximate surface area is 113 Å². The fraction of sp³-hybridized carbons (Fsp3) is 0.273. The molecule has 1 aliphatic rings. The predicted molar refractivity (Wildman–Crippen MR) is 66.5 cm³/mol. The summed E-state index contributed by atoms with van der Waals surface area (Å²) in [6.07, 6.45) is 0. The van der Waals surface area contributed by atoms with Crippen molar-refractivity contribution in [3.63, 3.8) is 0 Å². The van der Waals surface area contributed by atoms with Crippen molar-refractivity contribution in [3.8, 4) is 0 Å². The maximum absolute atomic E-state index is 13.1. The molecule has 3 amide bonds. The number of halogens is 3. The maximum atomic E-state index is 13.1. The lowest BCUT2D eigenvalue weighted by Crippen LogP contribution is -2.54. The fourth-order valence-electron chi connectivity index (χ4n) is 1.72. The van der Waals surface area contributed by atoms with Gasteiger partial charge in [-0.05, 0) is 12.1 Å². The van der Waals surface area contributed by atoms with Crippen LogP contribution in [0.1, 0.15) is 6.92 Å². The number of urea groups is 1. The second-order valence-corrected chi connectivity index (χ2v) is 4.84. The highest BCUT2D eigenvalue weighted by Gasteiger charge is 2.32. The molecule has 1 aliphatic heterocycles. The SMILES string of the molecule is CC1CN(c2c(Cl)cc(F)cc2Cl)C(=O)NC1=O. The van der Waals surface area contributed by atoms with E-state index in [1.165, 1.54) is 4.90 Å². The van der Waals surface area contributed by atoms with E-state index in [9.17, 15) is 14.0 Å². The summed E-state index contributed by atoms with van der Waals surface area (Å²) < 4.78 is 13.1. The quantitative estimate of drug-likeness (QED) is 0.865. The molecule has 18 heavy (non-hydrogen) atoms. The average molecular weight is 291 g/mol. The zero-order valence-electron chi connectivity index (χ0n) is 9.34. The van der Waals surface area contributed by atoms with Gasteiger partial charge < -0.3 is 0 Å². The molecule has 1 aromatic rings. The molecule has 1 N–H and O–H groups in total. The molecule has 0 bridgehead atoms. The first-order valence-corrected chi connectivity index (χ1v) is 5.92. The minimum atomic E-state index is -0.617. The number of hydrogen-bond acceptors (Lipinski definition) is 2. The van der Waals surface area contributed by atoms with Crippen LogP contribution in [0, 0.1) is 11.7 Å². The number of anilines is 1. The summed E-state index contributed by atoms with van der Waals surface area (Å²) >= 11 is 11.8. The van der Waals surface area contributed by atoms with Crippen molar-refractivity contribution in [3.05, 3.63) is 28.0 Å². The van der Waals surface area contributed by atoms with E-state index in [0.29, 0.717) is 0 Å². The standard InChI is InChI=1S/C11H9Cl2FN2O2/c1-5-4-16(11(18)15-10(5)17)9-7(12)2-6(14)3-8(9)13/h2-3,5H,4H2,1H3,(H,15,17,18). The Morgan fingerprint density at radius 1 is 1.33 bits per heavy atom. The lowest BCUT2D eigenvalue weighted by Gasteiger charge is -2.31. The van der Waals surface area contributed by atoms with E-state index in [1.807, 2.05) is 0 Å². The minimum absolute atomic E-state index is 0.0247. The second-order valence-electron chi connectivity index (χ2n) is 4.02. The van der Waals surface area contributed by atoms with Gasteiger partial charge in [-0.25, -0.2) is 9.18 Å². The van der Waals surface area contributed by atoms with E-state index < -0.39 is 11.8 Å². The van der Waals surface area contributed by atoms with E-state index in [4.69, 9.17) is 23.2 Å². The number of carbonyl (C=O) groups excluding carboxylic acids is 2. The predicted octanol–water partition coefficient (Wildman–Crippen LogP) is 2.82. The van der Waals surface area contributed by atoms with Gasteiger partial charge in [0.2, 0.25) is 5.91 Å².